The van der Waals surface area contributed by atoms with E-state index >= 15 is 0 Å². The molecule has 0 aromatic heterocycles. The van der Waals surface area contributed by atoms with Gasteiger partial charge in [-0.05, 0) is 37.0 Å². The second-order valence-corrected chi connectivity index (χ2v) is 8.46. The Kier molecular flexibility index (Phi) is 5.22. The number of carbonyl (C=O) groups is 1. The smallest absolute Gasteiger partial charge is 0.253 e. The first kappa shape index (κ1) is 17.4. The van der Waals surface area contributed by atoms with Crippen molar-refractivity contribution < 1.29 is 17.9 Å². The van der Waals surface area contributed by atoms with Crippen molar-refractivity contribution in [2.24, 2.45) is 5.92 Å². The van der Waals surface area contributed by atoms with Crippen molar-refractivity contribution in [2.45, 2.75) is 24.2 Å². The molecule has 6 nitrogen and oxygen atoms in total. The number of hydrogen-bond acceptors (Lipinski definition) is 4. The highest BCUT2D eigenvalue weighted by atomic mass is 32.2. The maximum absolute atomic E-state index is 12.7. The van der Waals surface area contributed by atoms with E-state index < -0.39 is 10.0 Å². The monoisotopic (exact) mass is 352 g/mol. The van der Waals surface area contributed by atoms with Gasteiger partial charge in [0.1, 0.15) is 0 Å². The van der Waals surface area contributed by atoms with E-state index in [1.807, 2.05) is 0 Å². The number of sulfonamides is 1. The summed E-state index contributed by atoms with van der Waals surface area (Å²) in [7, 11) is -1.80. The molecule has 7 heteroatoms. The van der Waals surface area contributed by atoms with Crippen LogP contribution in [0.4, 0.5) is 0 Å². The molecule has 0 spiro atoms. The summed E-state index contributed by atoms with van der Waals surface area (Å²) >= 11 is 0. The third kappa shape index (κ3) is 3.63. The van der Waals surface area contributed by atoms with Crippen LogP contribution in [0.25, 0.3) is 0 Å². The van der Waals surface area contributed by atoms with E-state index in [1.165, 1.54) is 29.6 Å². The molecule has 0 unspecified atom stereocenters. The Bertz CT molecular complexity index is 694. The third-order valence-corrected chi connectivity index (χ3v) is 6.69. The molecule has 2 fully saturated rings. The average Bonchev–Trinajstić information content (AvgIpc) is 2.58. The molecule has 0 N–H and O–H groups in total. The Morgan fingerprint density at radius 2 is 2.00 bits per heavy atom. The van der Waals surface area contributed by atoms with E-state index in [9.17, 15) is 13.2 Å². The van der Waals surface area contributed by atoms with Crippen molar-refractivity contribution in [3.63, 3.8) is 0 Å². The van der Waals surface area contributed by atoms with Gasteiger partial charge in [0.25, 0.3) is 5.91 Å². The van der Waals surface area contributed by atoms with Gasteiger partial charge in [-0.25, -0.2) is 8.42 Å². The van der Waals surface area contributed by atoms with E-state index in [0.29, 0.717) is 37.8 Å². The minimum absolute atomic E-state index is 0.124. The second-order valence-electron chi connectivity index (χ2n) is 6.53. The van der Waals surface area contributed by atoms with Crippen LogP contribution >= 0.6 is 0 Å². The van der Waals surface area contributed by atoms with Crippen LogP contribution in [0, 0.1) is 5.92 Å². The molecule has 1 heterocycles. The third-order valence-electron chi connectivity index (χ3n) is 4.79. The molecular weight excluding hydrogens is 328 g/mol. The molecule has 1 aliphatic carbocycles. The van der Waals surface area contributed by atoms with Gasteiger partial charge in [0, 0.05) is 32.2 Å². The molecule has 0 atom stereocenters. The van der Waals surface area contributed by atoms with Crippen LogP contribution in [0.5, 0.6) is 0 Å². The standard InChI is InChI=1S/C17H24N2O4S/c1-18(13-14-4-2-5-14)17(20)15-6-3-7-16(12-15)24(21,22)19-8-10-23-11-9-19/h3,6-7,12,14H,2,4-5,8-11,13H2,1H3. The fourth-order valence-corrected chi connectivity index (χ4v) is 4.55. The van der Waals surface area contributed by atoms with Crippen LogP contribution in [-0.2, 0) is 14.8 Å². The summed E-state index contributed by atoms with van der Waals surface area (Å²) in [5.74, 6) is 0.458. The van der Waals surface area contributed by atoms with Crippen LogP contribution in [0.3, 0.4) is 0 Å². The van der Waals surface area contributed by atoms with Gasteiger partial charge >= 0.3 is 0 Å². The van der Waals surface area contributed by atoms with Crippen LogP contribution in [0.2, 0.25) is 0 Å². The van der Waals surface area contributed by atoms with Crippen molar-refractivity contribution in [3.05, 3.63) is 29.8 Å². The maximum Gasteiger partial charge on any atom is 0.253 e. The van der Waals surface area contributed by atoms with Gasteiger partial charge in [-0.2, -0.15) is 4.31 Å². The summed E-state index contributed by atoms with van der Waals surface area (Å²) in [5.41, 5.74) is 0.422. The molecule has 1 saturated heterocycles. The summed E-state index contributed by atoms with van der Waals surface area (Å²) in [4.78, 5) is 14.4. The molecule has 0 bridgehead atoms. The first-order chi connectivity index (χ1) is 11.5. The highest BCUT2D eigenvalue weighted by Gasteiger charge is 2.27. The van der Waals surface area contributed by atoms with Gasteiger partial charge in [0.05, 0.1) is 18.1 Å². The molecular formula is C17H24N2O4S. The number of carbonyl (C=O) groups excluding carboxylic acids is 1. The first-order valence-corrected chi connectivity index (χ1v) is 9.86. The van der Waals surface area contributed by atoms with Crippen molar-refractivity contribution >= 4 is 15.9 Å². The highest BCUT2D eigenvalue weighted by Crippen LogP contribution is 2.27. The lowest BCUT2D eigenvalue weighted by Crippen LogP contribution is -2.40. The summed E-state index contributed by atoms with van der Waals surface area (Å²) in [6, 6.07) is 6.35. The van der Waals surface area contributed by atoms with E-state index in [1.54, 1.807) is 30.1 Å². The topological polar surface area (TPSA) is 66.9 Å². The lowest BCUT2D eigenvalue weighted by atomic mass is 9.85. The van der Waals surface area contributed by atoms with Gasteiger partial charge in [0.15, 0.2) is 0 Å². The van der Waals surface area contributed by atoms with Gasteiger partial charge < -0.3 is 9.64 Å². The van der Waals surface area contributed by atoms with Gasteiger partial charge in [-0.1, -0.05) is 12.5 Å². The molecule has 1 aromatic rings. The summed E-state index contributed by atoms with van der Waals surface area (Å²) in [6.45, 7) is 2.24. The SMILES string of the molecule is CN(CC1CCC1)C(=O)c1cccc(S(=O)(=O)N2CCOCC2)c1. The minimum atomic E-state index is -3.58. The first-order valence-electron chi connectivity index (χ1n) is 8.42. The molecule has 2 aliphatic rings. The number of amides is 1. The lowest BCUT2D eigenvalue weighted by molar-refractivity contribution is 0.0729. The number of ether oxygens (including phenoxy) is 1. The number of morpholine rings is 1. The van der Waals surface area contributed by atoms with Crippen LogP contribution < -0.4 is 0 Å². The van der Waals surface area contributed by atoms with Crippen LogP contribution in [0.1, 0.15) is 29.6 Å². The van der Waals surface area contributed by atoms with Gasteiger partial charge in [0.2, 0.25) is 10.0 Å². The number of rotatable bonds is 5. The maximum atomic E-state index is 12.7. The van der Waals surface area contributed by atoms with Crippen molar-refractivity contribution in [3.8, 4) is 0 Å². The highest BCUT2D eigenvalue weighted by molar-refractivity contribution is 7.89. The molecule has 1 aliphatic heterocycles. The Balaban J connectivity index is 1.76. The van der Waals surface area contributed by atoms with Crippen molar-refractivity contribution in [1.29, 1.82) is 0 Å². The fourth-order valence-electron chi connectivity index (χ4n) is 3.09. The zero-order valence-corrected chi connectivity index (χ0v) is 14.8. The van der Waals surface area contributed by atoms with Gasteiger partial charge in [-0.3, -0.25) is 4.79 Å². The minimum Gasteiger partial charge on any atom is -0.379 e. The zero-order valence-electron chi connectivity index (χ0n) is 14.0. The lowest BCUT2D eigenvalue weighted by Gasteiger charge is -2.30. The number of benzene rings is 1. The molecule has 1 aromatic carbocycles. The molecule has 24 heavy (non-hydrogen) atoms. The number of hydrogen-bond donors (Lipinski definition) is 0. The van der Waals surface area contributed by atoms with E-state index in [-0.39, 0.29) is 10.8 Å². The second kappa shape index (κ2) is 7.21. The van der Waals surface area contributed by atoms with Crippen molar-refractivity contribution in [1.82, 2.24) is 9.21 Å². The Morgan fingerprint density at radius 1 is 1.29 bits per heavy atom. The van der Waals surface area contributed by atoms with Crippen LogP contribution in [-0.4, -0.2) is 63.4 Å². The Labute approximate surface area is 143 Å². The quantitative estimate of drug-likeness (QED) is 0.807. The van der Waals surface area contributed by atoms with E-state index in [0.717, 1.165) is 6.54 Å². The Morgan fingerprint density at radius 3 is 2.62 bits per heavy atom. The van der Waals surface area contributed by atoms with Crippen LogP contribution in [0.15, 0.2) is 29.2 Å². The summed E-state index contributed by atoms with van der Waals surface area (Å²) < 4.78 is 32.0. The fraction of sp³-hybridized carbons (Fsp3) is 0.588. The molecule has 1 amide bonds. The summed E-state index contributed by atoms with van der Waals surface area (Å²) in [6.07, 6.45) is 3.58. The summed E-state index contributed by atoms with van der Waals surface area (Å²) in [5, 5.41) is 0. The molecule has 1 saturated carbocycles. The normalized spacial score (nSPS) is 19.7. The van der Waals surface area contributed by atoms with E-state index in [4.69, 9.17) is 4.74 Å². The Hall–Kier alpha value is -1.44. The zero-order chi connectivity index (χ0) is 17.2. The average molecular weight is 352 g/mol. The largest absolute Gasteiger partial charge is 0.379 e. The number of nitrogens with zero attached hydrogens (tertiary/aromatic N) is 2. The molecule has 0 radical (unpaired) electrons. The van der Waals surface area contributed by atoms with E-state index in [2.05, 4.69) is 0 Å². The van der Waals surface area contributed by atoms with Crippen molar-refractivity contribution in [2.75, 3.05) is 39.9 Å². The molecule has 3 rings (SSSR count). The predicted molar refractivity (Wildman–Crippen MR) is 90.3 cm³/mol. The molecule has 132 valence electrons. The predicted octanol–water partition coefficient (Wildman–Crippen LogP) is 1.58. The van der Waals surface area contributed by atoms with Gasteiger partial charge in [-0.15, -0.1) is 0 Å².